The lowest BCUT2D eigenvalue weighted by molar-refractivity contribution is 0.473. The molecule has 1 heterocycles. The zero-order valence-corrected chi connectivity index (χ0v) is 8.84. The Morgan fingerprint density at radius 1 is 1.12 bits per heavy atom. The maximum atomic E-state index is 11.4. The number of aromatic nitrogens is 1. The van der Waals surface area contributed by atoms with Gasteiger partial charge in [-0.05, 0) is 30.7 Å². The van der Waals surface area contributed by atoms with E-state index in [1.54, 1.807) is 30.5 Å². The molecule has 0 atom stereocenters. The van der Waals surface area contributed by atoms with Crippen molar-refractivity contribution in [2.45, 2.75) is 6.92 Å². The molecule has 1 N–H and O–H groups in total. The van der Waals surface area contributed by atoms with E-state index in [4.69, 9.17) is 0 Å². The van der Waals surface area contributed by atoms with Crippen LogP contribution in [0.5, 0.6) is 5.75 Å². The quantitative estimate of drug-likeness (QED) is 0.789. The molecule has 0 bridgehead atoms. The normalized spacial score (nSPS) is 10.1. The van der Waals surface area contributed by atoms with Gasteiger partial charge in [-0.2, -0.15) is 0 Å². The zero-order chi connectivity index (χ0) is 11.5. The van der Waals surface area contributed by atoms with Crippen molar-refractivity contribution in [3.8, 4) is 17.0 Å². The van der Waals surface area contributed by atoms with E-state index in [1.807, 2.05) is 13.0 Å². The van der Waals surface area contributed by atoms with Gasteiger partial charge in [-0.1, -0.05) is 18.2 Å². The van der Waals surface area contributed by atoms with Crippen molar-refractivity contribution in [3.05, 3.63) is 58.4 Å². The molecule has 16 heavy (non-hydrogen) atoms. The van der Waals surface area contributed by atoms with Crippen molar-refractivity contribution in [1.82, 2.24) is 4.98 Å². The fraction of sp³-hybridized carbons (Fsp3) is 0.0769. The Balaban J connectivity index is 2.66. The summed E-state index contributed by atoms with van der Waals surface area (Å²) in [5, 5.41) is 9.73. The van der Waals surface area contributed by atoms with E-state index in [0.29, 0.717) is 11.3 Å². The zero-order valence-electron chi connectivity index (χ0n) is 8.84. The van der Waals surface area contributed by atoms with Crippen molar-refractivity contribution >= 4 is 0 Å². The highest BCUT2D eigenvalue weighted by Gasteiger charge is 2.06. The van der Waals surface area contributed by atoms with Gasteiger partial charge in [-0.15, -0.1) is 0 Å². The fourth-order valence-corrected chi connectivity index (χ4v) is 1.42. The van der Waals surface area contributed by atoms with Crippen LogP contribution < -0.4 is 5.43 Å². The van der Waals surface area contributed by atoms with Gasteiger partial charge in [0.05, 0.1) is 5.69 Å². The molecule has 1 aromatic carbocycles. The summed E-state index contributed by atoms with van der Waals surface area (Å²) >= 11 is 0. The van der Waals surface area contributed by atoms with Gasteiger partial charge in [0.1, 0.15) is 0 Å². The highest BCUT2D eigenvalue weighted by Crippen LogP contribution is 2.22. The minimum Gasteiger partial charge on any atom is -0.504 e. The maximum Gasteiger partial charge on any atom is 0.220 e. The minimum atomic E-state index is -0.401. The van der Waals surface area contributed by atoms with E-state index in [0.717, 1.165) is 5.56 Å². The molecule has 0 radical (unpaired) electrons. The molecule has 0 spiro atoms. The lowest BCUT2D eigenvalue weighted by Crippen LogP contribution is -1.95. The molecular formula is C13H11NO2. The standard InChI is InChI=1S/C13H11NO2/c1-9-6-7-11(14-8-9)10-4-2-3-5-12(15)13(10)16/h2-8H,1H3,(H,15,16). The van der Waals surface area contributed by atoms with E-state index in [1.165, 1.54) is 6.07 Å². The van der Waals surface area contributed by atoms with Gasteiger partial charge in [0, 0.05) is 11.8 Å². The largest absolute Gasteiger partial charge is 0.504 e. The molecule has 0 saturated carbocycles. The van der Waals surface area contributed by atoms with Crippen LogP contribution in [0.3, 0.4) is 0 Å². The Bertz CT molecular complexity index is 562. The van der Waals surface area contributed by atoms with E-state index in [2.05, 4.69) is 4.98 Å². The van der Waals surface area contributed by atoms with Gasteiger partial charge < -0.3 is 5.11 Å². The number of hydrogen-bond acceptors (Lipinski definition) is 3. The Morgan fingerprint density at radius 2 is 1.88 bits per heavy atom. The van der Waals surface area contributed by atoms with Crippen LogP contribution in [0.4, 0.5) is 0 Å². The average molecular weight is 213 g/mol. The Labute approximate surface area is 93.0 Å². The summed E-state index contributed by atoms with van der Waals surface area (Å²) < 4.78 is 0. The molecule has 0 saturated heterocycles. The second-order valence-electron chi connectivity index (χ2n) is 3.57. The SMILES string of the molecule is Cc1ccc(-c2ccccc(=O)c2O)nc1. The number of nitrogens with zero attached hydrogens (tertiary/aromatic N) is 1. The smallest absolute Gasteiger partial charge is 0.220 e. The minimum absolute atomic E-state index is 0.263. The van der Waals surface area contributed by atoms with Gasteiger partial charge in [0.2, 0.25) is 5.43 Å². The van der Waals surface area contributed by atoms with Crippen LogP contribution in [0.1, 0.15) is 5.56 Å². The molecule has 1 aromatic heterocycles. The number of aromatic hydroxyl groups is 1. The van der Waals surface area contributed by atoms with E-state index < -0.39 is 5.43 Å². The lowest BCUT2D eigenvalue weighted by Gasteiger charge is -2.00. The molecule has 0 aliphatic heterocycles. The summed E-state index contributed by atoms with van der Waals surface area (Å²) in [4.78, 5) is 15.6. The molecule has 0 unspecified atom stereocenters. The summed E-state index contributed by atoms with van der Waals surface area (Å²) in [6, 6.07) is 9.97. The third kappa shape index (κ3) is 1.93. The molecule has 2 rings (SSSR count). The summed E-state index contributed by atoms with van der Waals surface area (Å²) in [6.45, 7) is 1.93. The molecule has 0 aliphatic rings. The second kappa shape index (κ2) is 4.14. The van der Waals surface area contributed by atoms with Crippen molar-refractivity contribution in [2.24, 2.45) is 0 Å². The molecule has 0 aliphatic carbocycles. The molecule has 2 aromatic rings. The third-order valence-corrected chi connectivity index (χ3v) is 2.30. The van der Waals surface area contributed by atoms with Crippen molar-refractivity contribution in [3.63, 3.8) is 0 Å². The van der Waals surface area contributed by atoms with Crippen LogP contribution >= 0.6 is 0 Å². The van der Waals surface area contributed by atoms with Crippen LogP contribution in [-0.2, 0) is 0 Å². The van der Waals surface area contributed by atoms with Crippen LogP contribution in [0.15, 0.2) is 47.4 Å². The van der Waals surface area contributed by atoms with E-state index in [9.17, 15) is 9.90 Å². The van der Waals surface area contributed by atoms with Crippen LogP contribution in [0.2, 0.25) is 0 Å². The molecule has 0 fully saturated rings. The highest BCUT2D eigenvalue weighted by atomic mass is 16.3. The number of aryl methyl sites for hydroxylation is 1. The first kappa shape index (κ1) is 10.4. The molecular weight excluding hydrogens is 202 g/mol. The summed E-state index contributed by atoms with van der Waals surface area (Å²) in [5.74, 6) is -0.263. The van der Waals surface area contributed by atoms with Crippen molar-refractivity contribution < 1.29 is 5.11 Å². The maximum absolute atomic E-state index is 11.4. The first-order valence-corrected chi connectivity index (χ1v) is 4.94. The lowest BCUT2D eigenvalue weighted by atomic mass is 10.1. The Hall–Kier alpha value is -2.16. The van der Waals surface area contributed by atoms with Gasteiger partial charge in [-0.3, -0.25) is 9.78 Å². The molecule has 80 valence electrons. The summed E-state index contributed by atoms with van der Waals surface area (Å²) in [7, 11) is 0. The summed E-state index contributed by atoms with van der Waals surface area (Å²) in [6.07, 6.45) is 1.70. The van der Waals surface area contributed by atoms with Crippen molar-refractivity contribution in [1.29, 1.82) is 0 Å². The second-order valence-corrected chi connectivity index (χ2v) is 3.57. The van der Waals surface area contributed by atoms with Crippen LogP contribution in [0, 0.1) is 6.92 Å². The monoisotopic (exact) mass is 213 g/mol. The number of hydrogen-bond donors (Lipinski definition) is 1. The first-order valence-electron chi connectivity index (χ1n) is 4.94. The van der Waals surface area contributed by atoms with E-state index >= 15 is 0 Å². The highest BCUT2D eigenvalue weighted by molar-refractivity contribution is 5.65. The number of rotatable bonds is 1. The van der Waals surface area contributed by atoms with Crippen LogP contribution in [0.25, 0.3) is 11.3 Å². The Morgan fingerprint density at radius 3 is 2.56 bits per heavy atom. The summed E-state index contributed by atoms with van der Waals surface area (Å²) in [5.41, 5.74) is 1.68. The van der Waals surface area contributed by atoms with Gasteiger partial charge in [0.25, 0.3) is 0 Å². The third-order valence-electron chi connectivity index (χ3n) is 2.30. The number of pyridine rings is 1. The average Bonchev–Trinajstić information content (AvgIpc) is 2.44. The predicted octanol–water partition coefficient (Wildman–Crippen LogP) is 2.12. The Kier molecular flexibility index (Phi) is 2.68. The predicted molar refractivity (Wildman–Crippen MR) is 62.3 cm³/mol. The van der Waals surface area contributed by atoms with Gasteiger partial charge in [-0.25, -0.2) is 0 Å². The van der Waals surface area contributed by atoms with Crippen molar-refractivity contribution in [2.75, 3.05) is 0 Å². The van der Waals surface area contributed by atoms with Gasteiger partial charge in [0.15, 0.2) is 5.75 Å². The van der Waals surface area contributed by atoms with Crippen LogP contribution in [-0.4, -0.2) is 10.1 Å². The molecule has 3 nitrogen and oxygen atoms in total. The molecule has 0 amide bonds. The molecule has 3 heteroatoms. The topological polar surface area (TPSA) is 50.2 Å². The van der Waals surface area contributed by atoms with Gasteiger partial charge >= 0.3 is 0 Å². The first-order chi connectivity index (χ1) is 7.68. The van der Waals surface area contributed by atoms with E-state index in [-0.39, 0.29) is 5.75 Å². The fourth-order valence-electron chi connectivity index (χ4n) is 1.42.